The van der Waals surface area contributed by atoms with Crippen LogP contribution in [0.3, 0.4) is 0 Å². The van der Waals surface area contributed by atoms with Gasteiger partial charge in [0.15, 0.2) is 0 Å². The molecule has 0 saturated heterocycles. The van der Waals surface area contributed by atoms with E-state index in [0.717, 1.165) is 16.6 Å². The van der Waals surface area contributed by atoms with Crippen molar-refractivity contribution in [1.82, 2.24) is 15.0 Å². The van der Waals surface area contributed by atoms with Gasteiger partial charge in [-0.25, -0.2) is 0 Å². The van der Waals surface area contributed by atoms with E-state index in [0.29, 0.717) is 11.3 Å². The molecule has 3 nitrogen and oxygen atoms in total. The standard InChI is InChI=1S/C17H11N2Se.C12H10N.Ir/c1-11-6-7-18-9-14(11)15-8-13-12-4-2-3-5-16(12)20-17(13)10-19-15;1-10-7-8-12(13-9-10)11-5-3-2-4-6-11;/h2-8,10H,1H3;2-5,7-9H,1H3;/q2*-1;/i2*1D3;. The zero-order valence-electron chi connectivity index (χ0n) is 23.7. The van der Waals surface area contributed by atoms with Gasteiger partial charge in [0.2, 0.25) is 0 Å². The molecule has 0 saturated carbocycles. The number of aryl methyl sites for hydroxylation is 2. The molecular formula is C29H21IrN3Se-2. The first-order chi connectivity index (χ1) is 18.6. The van der Waals surface area contributed by atoms with Crippen molar-refractivity contribution in [3.8, 4) is 22.5 Å². The molecular weight excluding hydrogens is 662 g/mol. The van der Waals surface area contributed by atoms with Crippen LogP contribution in [0.1, 0.15) is 19.4 Å². The fourth-order valence-corrected chi connectivity index (χ4v) is 5.64. The Labute approximate surface area is 227 Å². The molecule has 0 bridgehead atoms. The summed E-state index contributed by atoms with van der Waals surface area (Å²) in [5.41, 5.74) is 3.14. The van der Waals surface area contributed by atoms with Crippen molar-refractivity contribution in [1.29, 1.82) is 0 Å². The molecule has 5 heteroatoms. The number of pyridine rings is 3. The summed E-state index contributed by atoms with van der Waals surface area (Å²) in [6.07, 6.45) is 7.51. The molecule has 34 heavy (non-hydrogen) atoms. The summed E-state index contributed by atoms with van der Waals surface area (Å²) in [6.45, 7) is -4.30. The fraction of sp³-hybridized carbons (Fsp3) is 0.0690. The third-order valence-corrected chi connectivity index (χ3v) is 7.38. The van der Waals surface area contributed by atoms with Crippen molar-refractivity contribution in [3.05, 3.63) is 115 Å². The Hall–Kier alpha value is -2.94. The topological polar surface area (TPSA) is 38.7 Å². The Bertz CT molecular complexity index is 1730. The molecule has 1 radical (unpaired) electrons. The molecule has 0 aliphatic rings. The van der Waals surface area contributed by atoms with Gasteiger partial charge in [0.1, 0.15) is 0 Å². The number of nitrogens with zero attached hydrogens (tertiary/aromatic N) is 3. The summed E-state index contributed by atoms with van der Waals surface area (Å²) in [5, 5.41) is 2.35. The van der Waals surface area contributed by atoms with Gasteiger partial charge in [0, 0.05) is 30.4 Å². The Kier molecular flexibility index (Phi) is 5.65. The van der Waals surface area contributed by atoms with Crippen LogP contribution in [-0.4, -0.2) is 29.5 Å². The minimum atomic E-state index is -2.21. The van der Waals surface area contributed by atoms with Crippen LogP contribution < -0.4 is 0 Å². The van der Waals surface area contributed by atoms with Gasteiger partial charge < -0.3 is 4.98 Å². The van der Waals surface area contributed by atoms with Crippen LogP contribution in [0.5, 0.6) is 0 Å². The van der Waals surface area contributed by atoms with Gasteiger partial charge in [0.25, 0.3) is 0 Å². The van der Waals surface area contributed by atoms with Crippen LogP contribution in [0.2, 0.25) is 0 Å². The molecule has 2 aromatic carbocycles. The van der Waals surface area contributed by atoms with Crippen molar-refractivity contribution in [3.63, 3.8) is 0 Å². The summed E-state index contributed by atoms with van der Waals surface area (Å²) in [7, 11) is 0. The zero-order valence-corrected chi connectivity index (χ0v) is 21.9. The van der Waals surface area contributed by atoms with Crippen molar-refractivity contribution < 1.29 is 28.3 Å². The maximum Gasteiger partial charge on any atom is 0 e. The number of benzene rings is 2. The fourth-order valence-electron chi connectivity index (χ4n) is 3.43. The van der Waals surface area contributed by atoms with Gasteiger partial charge in [-0.3, -0.25) is 0 Å². The molecule has 6 rings (SSSR count). The number of hydrogen-bond acceptors (Lipinski definition) is 3. The maximum absolute atomic E-state index is 7.69. The molecule has 0 aliphatic carbocycles. The normalized spacial score (nSPS) is 13.8. The van der Waals surface area contributed by atoms with Gasteiger partial charge in [-0.05, 0) is 18.1 Å². The van der Waals surface area contributed by atoms with Gasteiger partial charge in [0.05, 0.1) is 0 Å². The summed E-state index contributed by atoms with van der Waals surface area (Å²) in [4.78, 5) is 12.6. The quantitative estimate of drug-likeness (QED) is 0.155. The summed E-state index contributed by atoms with van der Waals surface area (Å²) >= 11 is 0.253. The summed E-state index contributed by atoms with van der Waals surface area (Å²) in [6, 6.07) is 25.6. The van der Waals surface area contributed by atoms with Crippen molar-refractivity contribution >= 4 is 33.8 Å². The third-order valence-electron chi connectivity index (χ3n) is 5.03. The predicted octanol–water partition coefficient (Wildman–Crippen LogP) is 6.47. The predicted molar refractivity (Wildman–Crippen MR) is 136 cm³/mol. The Morgan fingerprint density at radius 2 is 1.71 bits per heavy atom. The molecule has 0 unspecified atom stereocenters. The second-order valence-corrected chi connectivity index (χ2v) is 9.49. The molecule has 0 N–H and O–H groups in total. The molecule has 0 atom stereocenters. The summed E-state index contributed by atoms with van der Waals surface area (Å²) in [5.74, 6) is 0. The van der Waals surface area contributed by atoms with Gasteiger partial charge >= 0.3 is 127 Å². The van der Waals surface area contributed by atoms with Gasteiger partial charge in [-0.15, -0.1) is 35.9 Å². The average Bonchev–Trinajstić information content (AvgIpc) is 3.31. The maximum atomic E-state index is 7.69. The monoisotopic (exact) mass is 690 g/mol. The molecule has 0 amide bonds. The minimum Gasteiger partial charge on any atom is 0 e. The van der Waals surface area contributed by atoms with E-state index in [9.17, 15) is 0 Å². The number of fused-ring (bicyclic) bond motifs is 3. The average molecular weight is 689 g/mol. The molecule has 4 heterocycles. The second-order valence-electron chi connectivity index (χ2n) is 7.22. The Morgan fingerprint density at radius 1 is 0.824 bits per heavy atom. The molecule has 6 aromatic rings. The number of rotatable bonds is 2. The van der Waals surface area contributed by atoms with Crippen LogP contribution in [-0.2, 0) is 20.1 Å². The van der Waals surface area contributed by atoms with E-state index in [1.54, 1.807) is 18.2 Å². The first-order valence-corrected chi connectivity index (χ1v) is 11.9. The Morgan fingerprint density at radius 3 is 2.50 bits per heavy atom. The smallest absolute Gasteiger partial charge is 0 e. The van der Waals surface area contributed by atoms with E-state index in [2.05, 4.69) is 39.3 Å². The number of hydrogen-bond donors (Lipinski definition) is 0. The van der Waals surface area contributed by atoms with Crippen LogP contribution in [0, 0.1) is 26.0 Å². The third kappa shape index (κ3) is 5.24. The largest absolute Gasteiger partial charge is 0 e. The SMILES string of the molecule is [2H]C([2H])([2H])c1ccc(-c2[c-]cccc2)nc1.[2H]C([2H])([2H])c1ccn[c-]c1-c1cc2c(cn1)[se]c1ccccc12.[Ir]. The van der Waals surface area contributed by atoms with Gasteiger partial charge in [-0.2, -0.15) is 0 Å². The van der Waals surface area contributed by atoms with E-state index in [1.807, 2.05) is 42.6 Å². The zero-order chi connectivity index (χ0) is 27.6. The van der Waals surface area contributed by atoms with Crippen molar-refractivity contribution in [2.75, 3.05) is 0 Å². The second kappa shape index (κ2) is 11.0. The van der Waals surface area contributed by atoms with Crippen LogP contribution >= 0.6 is 0 Å². The van der Waals surface area contributed by atoms with E-state index >= 15 is 0 Å². The molecule has 0 fully saturated rings. The van der Waals surface area contributed by atoms with E-state index in [4.69, 9.17) is 8.22 Å². The van der Waals surface area contributed by atoms with E-state index < -0.39 is 13.7 Å². The van der Waals surface area contributed by atoms with E-state index in [-0.39, 0.29) is 45.7 Å². The molecule has 0 aliphatic heterocycles. The molecule has 0 spiro atoms. The van der Waals surface area contributed by atoms with Gasteiger partial charge in [-0.1, -0.05) is 12.1 Å². The van der Waals surface area contributed by atoms with Crippen molar-refractivity contribution in [2.45, 2.75) is 13.7 Å². The first kappa shape index (κ1) is 17.5. The summed E-state index contributed by atoms with van der Waals surface area (Å²) < 4.78 is 47.3. The van der Waals surface area contributed by atoms with E-state index in [1.165, 1.54) is 32.4 Å². The number of aromatic nitrogens is 3. The minimum absolute atomic E-state index is 0. The molecule has 4 aromatic heterocycles. The van der Waals surface area contributed by atoms with Crippen molar-refractivity contribution in [2.24, 2.45) is 0 Å². The Balaban J connectivity index is 0.000000192. The first-order valence-electron chi connectivity index (χ1n) is 13.2. The van der Waals surface area contributed by atoms with Crippen LogP contribution in [0.25, 0.3) is 41.8 Å². The van der Waals surface area contributed by atoms with Crippen LogP contribution in [0.15, 0.2) is 91.4 Å². The molecule has 169 valence electrons. The van der Waals surface area contributed by atoms with Crippen LogP contribution in [0.4, 0.5) is 0 Å².